The summed E-state index contributed by atoms with van der Waals surface area (Å²) in [7, 11) is 0. The van der Waals surface area contributed by atoms with Crippen LogP contribution < -0.4 is 16.8 Å². The van der Waals surface area contributed by atoms with Crippen LogP contribution in [0.2, 0.25) is 0 Å². The van der Waals surface area contributed by atoms with E-state index >= 15 is 4.39 Å². The number of nitrogens with two attached hydrogens (primary N) is 2. The van der Waals surface area contributed by atoms with E-state index in [0.717, 1.165) is 25.8 Å². The molecule has 6 rings (SSSR count). The number of ketones is 1. The fourth-order valence-corrected chi connectivity index (χ4v) is 8.35. The van der Waals surface area contributed by atoms with Gasteiger partial charge >= 0.3 is 0 Å². The molecule has 2 saturated heterocycles. The van der Waals surface area contributed by atoms with Crippen molar-refractivity contribution in [2.24, 2.45) is 29.2 Å². The van der Waals surface area contributed by atoms with E-state index in [-0.39, 0.29) is 47.9 Å². The molecule has 3 aliphatic carbocycles. The lowest BCUT2D eigenvalue weighted by Crippen LogP contribution is -2.73. The van der Waals surface area contributed by atoms with Gasteiger partial charge in [-0.2, -0.15) is 0 Å². The largest absolute Gasteiger partial charge is 0.369 e. The minimum atomic E-state index is -1.19. The molecule has 3 aliphatic heterocycles. The standard InChI is InChI=1S/C27H42FN5O3/c28-20-12-18-23-26(24(20)32-9-6-17(30)13-32)36-22-11-16-5-2-1-4-15(16)10-21(22)33(23)14-19(25(18)34)27(35)31-8-3-7-29/h14-18,20-24,26H,1-13,29-30H2,(H,31,35)/t15?,16?,17-,18?,20?,21?,22?,23?,24?,26?/m1/s1. The Hall–Kier alpha value is -1.55. The topological polar surface area (TPSA) is 114 Å². The van der Waals surface area contributed by atoms with E-state index in [9.17, 15) is 9.59 Å². The smallest absolute Gasteiger partial charge is 0.256 e. The van der Waals surface area contributed by atoms with Crippen LogP contribution in [0.3, 0.4) is 0 Å². The van der Waals surface area contributed by atoms with Crippen molar-refractivity contribution in [1.82, 2.24) is 15.1 Å². The molecule has 3 heterocycles. The van der Waals surface area contributed by atoms with E-state index in [2.05, 4.69) is 15.1 Å². The maximum Gasteiger partial charge on any atom is 0.256 e. The SMILES string of the molecule is NCCCNC(=O)C1=CN2C3CC4CCCCC4CC3OC3C(N4CC[C@@H](N)C4)C(F)CC(C1=O)C32. The lowest BCUT2D eigenvalue weighted by atomic mass is 9.64. The summed E-state index contributed by atoms with van der Waals surface area (Å²) in [6, 6.07) is -0.441. The van der Waals surface area contributed by atoms with Crippen LogP contribution in [-0.4, -0.2) is 90.2 Å². The molecule has 5 fully saturated rings. The summed E-state index contributed by atoms with van der Waals surface area (Å²) in [5.41, 5.74) is 12.0. The summed E-state index contributed by atoms with van der Waals surface area (Å²) in [5.74, 6) is 0.157. The van der Waals surface area contributed by atoms with Gasteiger partial charge in [-0.05, 0) is 50.5 Å². The Kier molecular flexibility index (Phi) is 6.86. The van der Waals surface area contributed by atoms with Crippen molar-refractivity contribution >= 4 is 11.7 Å². The number of Topliss-reactive ketones (excluding diaryl/α,β-unsaturated/α-hetero) is 1. The number of likely N-dealkylation sites (tertiary alicyclic amines) is 1. The summed E-state index contributed by atoms with van der Waals surface area (Å²) in [5, 5.41) is 2.86. The number of carbonyl (C=O) groups is 2. The molecule has 0 aromatic rings. The molecule has 9 heteroatoms. The number of carbonyl (C=O) groups excluding carboxylic acids is 2. The molecule has 0 bridgehead atoms. The van der Waals surface area contributed by atoms with Gasteiger partial charge in [0, 0.05) is 37.8 Å². The first-order valence-electron chi connectivity index (χ1n) is 14.3. The second-order valence-electron chi connectivity index (χ2n) is 12.1. The normalized spacial score (nSPS) is 44.4. The maximum absolute atomic E-state index is 16.0. The Morgan fingerprint density at radius 1 is 1.14 bits per heavy atom. The zero-order valence-corrected chi connectivity index (χ0v) is 21.2. The van der Waals surface area contributed by atoms with Gasteiger partial charge in [0.25, 0.3) is 5.91 Å². The number of nitrogens with one attached hydrogen (secondary N) is 1. The summed E-state index contributed by atoms with van der Waals surface area (Å²) in [4.78, 5) is 31.2. The van der Waals surface area contributed by atoms with Crippen LogP contribution in [0, 0.1) is 17.8 Å². The summed E-state index contributed by atoms with van der Waals surface area (Å²) in [6.45, 7) is 2.33. The van der Waals surface area contributed by atoms with Crippen LogP contribution in [0.15, 0.2) is 11.8 Å². The molecular weight excluding hydrogens is 461 g/mol. The average Bonchev–Trinajstić information content (AvgIpc) is 3.29. The van der Waals surface area contributed by atoms with Gasteiger partial charge in [-0.3, -0.25) is 14.5 Å². The highest BCUT2D eigenvalue weighted by Crippen LogP contribution is 2.50. The number of alkyl halides is 1. The Balaban J connectivity index is 1.35. The third-order valence-electron chi connectivity index (χ3n) is 10.0. The molecule has 1 amide bonds. The van der Waals surface area contributed by atoms with Crippen LogP contribution in [0.4, 0.5) is 4.39 Å². The van der Waals surface area contributed by atoms with E-state index in [4.69, 9.17) is 16.2 Å². The van der Waals surface area contributed by atoms with Crippen molar-refractivity contribution in [3.05, 3.63) is 11.8 Å². The van der Waals surface area contributed by atoms with Gasteiger partial charge in [0.15, 0.2) is 5.78 Å². The first-order chi connectivity index (χ1) is 17.5. The van der Waals surface area contributed by atoms with Crippen LogP contribution in [0.1, 0.15) is 57.8 Å². The fourth-order valence-electron chi connectivity index (χ4n) is 8.35. The summed E-state index contributed by atoms with van der Waals surface area (Å²) >= 11 is 0. The molecule has 5 N–H and O–H groups in total. The zero-order valence-electron chi connectivity index (χ0n) is 21.2. The minimum Gasteiger partial charge on any atom is -0.369 e. The molecule has 6 aliphatic rings. The van der Waals surface area contributed by atoms with E-state index in [1.54, 1.807) is 0 Å². The van der Waals surface area contributed by atoms with E-state index in [1.165, 1.54) is 25.7 Å². The van der Waals surface area contributed by atoms with Gasteiger partial charge in [-0.15, -0.1) is 0 Å². The van der Waals surface area contributed by atoms with Crippen molar-refractivity contribution < 1.29 is 18.7 Å². The number of halogens is 1. The number of hydrogen-bond acceptors (Lipinski definition) is 7. The Labute approximate surface area is 213 Å². The molecule has 36 heavy (non-hydrogen) atoms. The molecule has 8 nitrogen and oxygen atoms in total. The second kappa shape index (κ2) is 9.97. The number of hydrogen-bond donors (Lipinski definition) is 3. The van der Waals surface area contributed by atoms with Gasteiger partial charge in [-0.1, -0.05) is 25.7 Å². The number of ether oxygens (including phenoxy) is 1. The zero-order chi connectivity index (χ0) is 25.0. The van der Waals surface area contributed by atoms with Gasteiger partial charge in [0.05, 0.1) is 35.9 Å². The summed E-state index contributed by atoms with van der Waals surface area (Å²) in [6.07, 6.45) is 8.94. The van der Waals surface area contributed by atoms with Gasteiger partial charge in [0.1, 0.15) is 6.17 Å². The van der Waals surface area contributed by atoms with E-state index in [0.29, 0.717) is 37.9 Å². The van der Waals surface area contributed by atoms with Crippen LogP contribution >= 0.6 is 0 Å². The second-order valence-corrected chi connectivity index (χ2v) is 12.1. The molecule has 0 spiro atoms. The predicted octanol–water partition coefficient (Wildman–Crippen LogP) is 1.08. The van der Waals surface area contributed by atoms with Crippen LogP contribution in [-0.2, 0) is 14.3 Å². The van der Waals surface area contributed by atoms with Gasteiger partial charge in [-0.25, -0.2) is 4.39 Å². The third kappa shape index (κ3) is 4.20. The highest BCUT2D eigenvalue weighted by Gasteiger charge is 2.60. The Morgan fingerprint density at radius 3 is 2.64 bits per heavy atom. The van der Waals surface area contributed by atoms with Crippen LogP contribution in [0.25, 0.3) is 0 Å². The highest BCUT2D eigenvalue weighted by atomic mass is 19.1. The van der Waals surface area contributed by atoms with Gasteiger partial charge < -0.3 is 26.4 Å². The third-order valence-corrected chi connectivity index (χ3v) is 10.0. The molecular formula is C27H42FN5O3. The number of rotatable bonds is 5. The van der Waals surface area contributed by atoms with Crippen molar-refractivity contribution in [2.75, 3.05) is 26.2 Å². The predicted molar refractivity (Wildman–Crippen MR) is 133 cm³/mol. The van der Waals surface area contributed by atoms with E-state index in [1.807, 2.05) is 6.20 Å². The highest BCUT2D eigenvalue weighted by molar-refractivity contribution is 6.20. The molecule has 9 unspecified atom stereocenters. The molecule has 0 radical (unpaired) electrons. The number of fused-ring (bicyclic) bond motifs is 3. The molecule has 10 atom stereocenters. The van der Waals surface area contributed by atoms with Crippen molar-refractivity contribution in [3.8, 4) is 0 Å². The first-order valence-corrected chi connectivity index (χ1v) is 14.3. The van der Waals surface area contributed by atoms with Crippen molar-refractivity contribution in [3.63, 3.8) is 0 Å². The number of amides is 1. The average molecular weight is 504 g/mol. The minimum absolute atomic E-state index is 0.00123. The van der Waals surface area contributed by atoms with Crippen molar-refractivity contribution in [2.45, 2.75) is 100 Å². The Morgan fingerprint density at radius 2 is 1.92 bits per heavy atom. The lowest BCUT2D eigenvalue weighted by molar-refractivity contribution is -0.219. The summed E-state index contributed by atoms with van der Waals surface area (Å²) < 4.78 is 22.8. The molecule has 200 valence electrons. The lowest BCUT2D eigenvalue weighted by Gasteiger charge is -2.61. The number of morpholine rings is 1. The Bertz CT molecular complexity index is 901. The van der Waals surface area contributed by atoms with Crippen molar-refractivity contribution in [1.29, 1.82) is 0 Å². The van der Waals surface area contributed by atoms with E-state index < -0.39 is 24.2 Å². The van der Waals surface area contributed by atoms with Crippen LogP contribution in [0.5, 0.6) is 0 Å². The molecule has 0 aromatic carbocycles. The quantitative estimate of drug-likeness (QED) is 0.380. The van der Waals surface area contributed by atoms with Gasteiger partial charge in [0.2, 0.25) is 0 Å². The maximum atomic E-state index is 16.0. The molecule has 0 aromatic heterocycles. The fraction of sp³-hybridized carbons (Fsp3) is 0.852. The number of nitrogens with zero attached hydrogens (tertiary/aromatic N) is 2. The monoisotopic (exact) mass is 503 g/mol. The first kappa shape index (κ1) is 24.8. The molecule has 3 saturated carbocycles.